The van der Waals surface area contributed by atoms with Gasteiger partial charge in [0.2, 0.25) is 0 Å². The lowest BCUT2D eigenvalue weighted by Gasteiger charge is -2.09. The topological polar surface area (TPSA) is 93.1 Å². The van der Waals surface area contributed by atoms with Crippen LogP contribution in [-0.2, 0) is 17.1 Å². The van der Waals surface area contributed by atoms with Crippen molar-refractivity contribution in [2.75, 3.05) is 10.0 Å². The van der Waals surface area contributed by atoms with Crippen LogP contribution in [0.1, 0.15) is 10.4 Å². The number of sulfonamides is 1. The van der Waals surface area contributed by atoms with E-state index in [9.17, 15) is 13.2 Å². The molecule has 0 radical (unpaired) electrons. The van der Waals surface area contributed by atoms with E-state index in [0.29, 0.717) is 16.9 Å². The fraction of sp³-hybridized carbons (Fsp3) is 0.0588. The molecule has 0 saturated carbocycles. The van der Waals surface area contributed by atoms with E-state index < -0.39 is 10.0 Å². The first-order valence-corrected chi connectivity index (χ1v) is 8.90. The molecule has 2 N–H and O–H groups in total. The SMILES string of the molecule is Cn1cc(NC(=O)c2ccc(NS(=O)(=O)c3ccccc3)cc2)cn1. The number of nitrogens with one attached hydrogen (secondary N) is 2. The lowest BCUT2D eigenvalue weighted by atomic mass is 10.2. The highest BCUT2D eigenvalue weighted by Gasteiger charge is 2.14. The van der Waals surface area contributed by atoms with Crippen molar-refractivity contribution in [3.05, 3.63) is 72.6 Å². The number of benzene rings is 2. The molecule has 2 aromatic carbocycles. The van der Waals surface area contributed by atoms with Gasteiger partial charge in [-0.25, -0.2) is 8.42 Å². The Labute approximate surface area is 145 Å². The summed E-state index contributed by atoms with van der Waals surface area (Å²) in [6.45, 7) is 0. The molecular formula is C17H16N4O3S. The number of amides is 1. The van der Waals surface area contributed by atoms with Gasteiger partial charge in [-0.05, 0) is 36.4 Å². The van der Waals surface area contributed by atoms with E-state index in [-0.39, 0.29) is 10.8 Å². The summed E-state index contributed by atoms with van der Waals surface area (Å²) in [5.41, 5.74) is 1.37. The van der Waals surface area contributed by atoms with E-state index in [2.05, 4.69) is 15.1 Å². The molecular weight excluding hydrogens is 340 g/mol. The van der Waals surface area contributed by atoms with E-state index in [0.717, 1.165) is 0 Å². The summed E-state index contributed by atoms with van der Waals surface area (Å²) in [5, 5.41) is 6.68. The zero-order valence-electron chi connectivity index (χ0n) is 13.4. The minimum Gasteiger partial charge on any atom is -0.319 e. The van der Waals surface area contributed by atoms with E-state index in [4.69, 9.17) is 0 Å². The van der Waals surface area contributed by atoms with Crippen molar-refractivity contribution >= 4 is 27.3 Å². The highest BCUT2D eigenvalue weighted by molar-refractivity contribution is 7.92. The van der Waals surface area contributed by atoms with Gasteiger partial charge in [0.15, 0.2) is 0 Å². The molecule has 0 aliphatic carbocycles. The molecule has 25 heavy (non-hydrogen) atoms. The van der Waals surface area contributed by atoms with Crippen molar-refractivity contribution in [3.8, 4) is 0 Å². The molecule has 1 heterocycles. The summed E-state index contributed by atoms with van der Waals surface area (Å²) in [6.07, 6.45) is 3.22. The number of carbonyl (C=O) groups is 1. The van der Waals surface area contributed by atoms with Crippen LogP contribution in [-0.4, -0.2) is 24.1 Å². The fourth-order valence-corrected chi connectivity index (χ4v) is 3.27. The Morgan fingerprint density at radius 3 is 2.28 bits per heavy atom. The summed E-state index contributed by atoms with van der Waals surface area (Å²) in [4.78, 5) is 12.3. The fourth-order valence-electron chi connectivity index (χ4n) is 2.19. The van der Waals surface area contributed by atoms with Crippen LogP contribution in [0.15, 0.2) is 71.9 Å². The summed E-state index contributed by atoms with van der Waals surface area (Å²) in [7, 11) is -1.90. The zero-order chi connectivity index (χ0) is 17.9. The van der Waals surface area contributed by atoms with Crippen molar-refractivity contribution in [1.82, 2.24) is 9.78 Å². The van der Waals surface area contributed by atoms with Crippen molar-refractivity contribution < 1.29 is 13.2 Å². The maximum atomic E-state index is 12.3. The largest absolute Gasteiger partial charge is 0.319 e. The van der Waals surface area contributed by atoms with Crippen LogP contribution in [0.2, 0.25) is 0 Å². The Morgan fingerprint density at radius 2 is 1.68 bits per heavy atom. The van der Waals surface area contributed by atoms with Crippen LogP contribution in [0.3, 0.4) is 0 Å². The average Bonchev–Trinajstić information content (AvgIpc) is 3.01. The Morgan fingerprint density at radius 1 is 1.00 bits per heavy atom. The normalized spacial score (nSPS) is 11.1. The van der Waals surface area contributed by atoms with Gasteiger partial charge in [-0.2, -0.15) is 5.10 Å². The first-order chi connectivity index (χ1) is 11.9. The third-order valence-corrected chi connectivity index (χ3v) is 4.81. The third-order valence-electron chi connectivity index (χ3n) is 3.42. The van der Waals surface area contributed by atoms with Crippen molar-refractivity contribution in [2.45, 2.75) is 4.90 Å². The minimum absolute atomic E-state index is 0.174. The quantitative estimate of drug-likeness (QED) is 0.734. The van der Waals surface area contributed by atoms with Gasteiger partial charge >= 0.3 is 0 Å². The first kappa shape index (κ1) is 16.7. The molecule has 3 aromatic rings. The van der Waals surface area contributed by atoms with Crippen molar-refractivity contribution in [3.63, 3.8) is 0 Å². The maximum Gasteiger partial charge on any atom is 0.261 e. The number of aromatic nitrogens is 2. The van der Waals surface area contributed by atoms with Crippen LogP contribution in [0.4, 0.5) is 11.4 Å². The van der Waals surface area contributed by atoms with Crippen LogP contribution >= 0.6 is 0 Å². The Hall–Kier alpha value is -3.13. The number of nitrogens with zero attached hydrogens (tertiary/aromatic N) is 2. The molecule has 0 spiro atoms. The Balaban J connectivity index is 1.71. The number of anilines is 2. The summed E-state index contributed by atoms with van der Waals surface area (Å²) < 4.78 is 28.6. The van der Waals surface area contributed by atoms with E-state index in [1.54, 1.807) is 66.6 Å². The molecule has 0 fully saturated rings. The second-order valence-electron chi connectivity index (χ2n) is 5.35. The highest BCUT2D eigenvalue weighted by atomic mass is 32.2. The van der Waals surface area contributed by atoms with Crippen molar-refractivity contribution in [2.24, 2.45) is 7.05 Å². The van der Waals surface area contributed by atoms with Gasteiger partial charge in [0.1, 0.15) is 0 Å². The van der Waals surface area contributed by atoms with Gasteiger partial charge in [0, 0.05) is 24.5 Å². The second kappa shape index (κ2) is 6.78. The zero-order valence-corrected chi connectivity index (χ0v) is 14.2. The number of hydrogen-bond donors (Lipinski definition) is 2. The van der Waals surface area contributed by atoms with Crippen LogP contribution in [0.25, 0.3) is 0 Å². The molecule has 0 saturated heterocycles. The molecule has 1 aromatic heterocycles. The van der Waals surface area contributed by atoms with E-state index in [1.165, 1.54) is 12.1 Å². The Kier molecular flexibility index (Phi) is 4.53. The molecule has 1 amide bonds. The maximum absolute atomic E-state index is 12.3. The molecule has 0 aliphatic heterocycles. The molecule has 128 valence electrons. The monoisotopic (exact) mass is 356 g/mol. The number of carbonyl (C=O) groups excluding carboxylic acids is 1. The smallest absolute Gasteiger partial charge is 0.261 e. The van der Waals surface area contributed by atoms with Gasteiger partial charge in [-0.3, -0.25) is 14.2 Å². The average molecular weight is 356 g/mol. The Bertz CT molecular complexity index is 980. The van der Waals surface area contributed by atoms with E-state index >= 15 is 0 Å². The van der Waals surface area contributed by atoms with Crippen LogP contribution in [0.5, 0.6) is 0 Å². The third kappa shape index (κ3) is 4.04. The van der Waals surface area contributed by atoms with Crippen molar-refractivity contribution in [1.29, 1.82) is 0 Å². The molecule has 0 bridgehead atoms. The van der Waals surface area contributed by atoms with Gasteiger partial charge in [0.05, 0.1) is 16.8 Å². The van der Waals surface area contributed by atoms with Gasteiger partial charge in [-0.1, -0.05) is 18.2 Å². The summed E-state index contributed by atoms with van der Waals surface area (Å²) in [5.74, 6) is -0.300. The lowest BCUT2D eigenvalue weighted by molar-refractivity contribution is 0.102. The standard InChI is InChI=1S/C17H16N4O3S/c1-21-12-15(11-18-21)19-17(22)13-7-9-14(10-8-13)20-25(23,24)16-5-3-2-4-6-16/h2-12,20H,1H3,(H,19,22). The van der Waals surface area contributed by atoms with Crippen LogP contribution in [0, 0.1) is 0 Å². The van der Waals surface area contributed by atoms with Gasteiger partial charge < -0.3 is 5.32 Å². The predicted octanol–water partition coefficient (Wildman–Crippen LogP) is 2.47. The summed E-state index contributed by atoms with van der Waals surface area (Å²) in [6, 6.07) is 14.3. The molecule has 7 nitrogen and oxygen atoms in total. The first-order valence-electron chi connectivity index (χ1n) is 7.42. The lowest BCUT2D eigenvalue weighted by Crippen LogP contribution is -2.14. The van der Waals surface area contributed by atoms with Crippen LogP contribution < -0.4 is 10.0 Å². The minimum atomic E-state index is -3.65. The molecule has 0 unspecified atom stereocenters. The molecule has 0 aliphatic rings. The number of hydrogen-bond acceptors (Lipinski definition) is 4. The molecule has 3 rings (SSSR count). The molecule has 8 heteroatoms. The summed E-state index contributed by atoms with van der Waals surface area (Å²) >= 11 is 0. The van der Waals surface area contributed by atoms with Gasteiger partial charge in [0.25, 0.3) is 15.9 Å². The number of rotatable bonds is 5. The second-order valence-corrected chi connectivity index (χ2v) is 7.04. The highest BCUT2D eigenvalue weighted by Crippen LogP contribution is 2.17. The number of aryl methyl sites for hydroxylation is 1. The van der Waals surface area contributed by atoms with E-state index in [1.807, 2.05) is 0 Å². The van der Waals surface area contributed by atoms with Gasteiger partial charge in [-0.15, -0.1) is 0 Å². The molecule has 0 atom stereocenters. The predicted molar refractivity (Wildman–Crippen MR) is 94.9 cm³/mol.